The van der Waals surface area contributed by atoms with Gasteiger partial charge in [-0.15, -0.1) is 0 Å². The number of rotatable bonds is 4. The first-order valence-corrected chi connectivity index (χ1v) is 8.04. The summed E-state index contributed by atoms with van der Waals surface area (Å²) in [6.45, 7) is 1.97. The van der Waals surface area contributed by atoms with Gasteiger partial charge in [-0.1, -0.05) is 30.8 Å². The summed E-state index contributed by atoms with van der Waals surface area (Å²) in [4.78, 5) is 6.89. The van der Waals surface area contributed by atoms with Gasteiger partial charge in [0.25, 0.3) is 0 Å². The fraction of sp³-hybridized carbons (Fsp3) is 0.867. The Hall–Kier alpha value is -0.940. The maximum Gasteiger partial charge on any atom is 0.229 e. The van der Waals surface area contributed by atoms with Crippen molar-refractivity contribution in [2.45, 2.75) is 69.9 Å². The minimum Gasteiger partial charge on any atom is -0.395 e. The molecule has 0 unspecified atom stereocenters. The van der Waals surface area contributed by atoms with E-state index in [1.807, 2.05) is 0 Å². The van der Waals surface area contributed by atoms with Gasteiger partial charge in [0.2, 0.25) is 5.89 Å². The smallest absolute Gasteiger partial charge is 0.229 e. The summed E-state index contributed by atoms with van der Waals surface area (Å²) in [6, 6.07) is 0.264. The van der Waals surface area contributed by atoms with Crippen molar-refractivity contribution in [2.75, 3.05) is 13.2 Å². The maximum atomic E-state index is 9.44. The summed E-state index contributed by atoms with van der Waals surface area (Å²) in [6.07, 6.45) is 9.75. The average Bonchev–Trinajstić information content (AvgIpc) is 2.97. The molecule has 0 radical (unpaired) electrons. The van der Waals surface area contributed by atoms with E-state index in [4.69, 9.17) is 4.52 Å². The number of aliphatic hydroxyl groups excluding tert-OH is 1. The molecule has 0 bridgehead atoms. The van der Waals surface area contributed by atoms with E-state index in [2.05, 4.69) is 15.0 Å². The van der Waals surface area contributed by atoms with Crippen molar-refractivity contribution >= 4 is 0 Å². The molecule has 1 aliphatic heterocycles. The van der Waals surface area contributed by atoms with E-state index in [-0.39, 0.29) is 12.6 Å². The van der Waals surface area contributed by atoms with Crippen LogP contribution in [0.1, 0.15) is 69.0 Å². The molecule has 2 heterocycles. The van der Waals surface area contributed by atoms with Gasteiger partial charge < -0.3 is 9.63 Å². The minimum atomic E-state index is 0.229. The van der Waals surface area contributed by atoms with Crippen LogP contribution in [0.2, 0.25) is 0 Å². The first kappa shape index (κ1) is 14.0. The molecule has 2 fully saturated rings. The Morgan fingerprint density at radius 2 is 1.90 bits per heavy atom. The maximum absolute atomic E-state index is 9.44. The van der Waals surface area contributed by atoms with Crippen molar-refractivity contribution in [2.24, 2.45) is 0 Å². The number of piperidine rings is 1. The highest BCUT2D eigenvalue weighted by atomic mass is 16.5. The summed E-state index contributed by atoms with van der Waals surface area (Å²) in [5, 5.41) is 13.6. The second-order valence-electron chi connectivity index (χ2n) is 6.19. The Bertz CT molecular complexity index is 415. The molecule has 0 spiro atoms. The van der Waals surface area contributed by atoms with Crippen LogP contribution in [0.3, 0.4) is 0 Å². The van der Waals surface area contributed by atoms with Crippen molar-refractivity contribution in [3.63, 3.8) is 0 Å². The number of hydrogen-bond acceptors (Lipinski definition) is 5. The predicted octanol–water partition coefficient (Wildman–Crippen LogP) is 2.46. The molecule has 1 aromatic rings. The Labute approximate surface area is 120 Å². The van der Waals surface area contributed by atoms with Crippen LogP contribution in [0.5, 0.6) is 0 Å². The largest absolute Gasteiger partial charge is 0.395 e. The molecule has 1 saturated carbocycles. The molecule has 0 amide bonds. The van der Waals surface area contributed by atoms with Crippen LogP contribution < -0.4 is 0 Å². The van der Waals surface area contributed by atoms with Crippen LogP contribution in [-0.2, 0) is 6.54 Å². The minimum absolute atomic E-state index is 0.229. The lowest BCUT2D eigenvalue weighted by Crippen LogP contribution is -2.41. The van der Waals surface area contributed by atoms with Gasteiger partial charge >= 0.3 is 0 Å². The summed E-state index contributed by atoms with van der Waals surface area (Å²) >= 11 is 0. The third-order valence-electron chi connectivity index (χ3n) is 4.74. The quantitative estimate of drug-likeness (QED) is 0.917. The first-order chi connectivity index (χ1) is 9.86. The van der Waals surface area contributed by atoms with E-state index in [1.165, 1.54) is 44.9 Å². The van der Waals surface area contributed by atoms with Crippen LogP contribution in [0.25, 0.3) is 0 Å². The lowest BCUT2D eigenvalue weighted by Gasteiger charge is -2.33. The van der Waals surface area contributed by atoms with Crippen LogP contribution >= 0.6 is 0 Å². The third kappa shape index (κ3) is 3.20. The van der Waals surface area contributed by atoms with Crippen molar-refractivity contribution in [1.29, 1.82) is 0 Å². The number of aliphatic hydroxyl groups is 1. The van der Waals surface area contributed by atoms with Crippen molar-refractivity contribution in [3.8, 4) is 0 Å². The summed E-state index contributed by atoms with van der Waals surface area (Å²) < 4.78 is 5.46. The van der Waals surface area contributed by atoms with Gasteiger partial charge in [-0.05, 0) is 32.2 Å². The zero-order valence-corrected chi connectivity index (χ0v) is 12.1. The Morgan fingerprint density at radius 1 is 1.10 bits per heavy atom. The molecule has 1 N–H and O–H groups in total. The van der Waals surface area contributed by atoms with E-state index in [0.717, 1.165) is 24.7 Å². The van der Waals surface area contributed by atoms with Gasteiger partial charge in [-0.2, -0.15) is 4.98 Å². The van der Waals surface area contributed by atoms with Gasteiger partial charge in [0.15, 0.2) is 5.82 Å². The van der Waals surface area contributed by atoms with Gasteiger partial charge in [0.1, 0.15) is 0 Å². The third-order valence-corrected chi connectivity index (χ3v) is 4.74. The predicted molar refractivity (Wildman–Crippen MR) is 75.3 cm³/mol. The lowest BCUT2D eigenvalue weighted by molar-refractivity contribution is 0.0812. The Kier molecular flexibility index (Phi) is 4.68. The SMILES string of the molecule is OC[C@H]1CCCCN1Cc1noc(C2CCCCC2)n1. The second-order valence-corrected chi connectivity index (χ2v) is 6.19. The highest BCUT2D eigenvalue weighted by molar-refractivity contribution is 4.96. The fourth-order valence-electron chi connectivity index (χ4n) is 3.50. The highest BCUT2D eigenvalue weighted by Crippen LogP contribution is 2.31. The monoisotopic (exact) mass is 279 g/mol. The van der Waals surface area contributed by atoms with Crippen LogP contribution in [0.4, 0.5) is 0 Å². The standard InChI is InChI=1S/C15H25N3O2/c19-11-13-8-4-5-9-18(13)10-14-16-15(20-17-14)12-6-2-1-3-7-12/h12-13,19H,1-11H2/t13-/m1/s1. The number of likely N-dealkylation sites (tertiary alicyclic amines) is 1. The van der Waals surface area contributed by atoms with Crippen LogP contribution in [-0.4, -0.2) is 39.3 Å². The molecule has 5 nitrogen and oxygen atoms in total. The Balaban J connectivity index is 1.61. The molecular formula is C15H25N3O2. The molecule has 1 atom stereocenters. The van der Waals surface area contributed by atoms with Crippen LogP contribution in [0, 0.1) is 0 Å². The fourth-order valence-corrected chi connectivity index (χ4v) is 3.50. The van der Waals surface area contributed by atoms with Crippen molar-refractivity contribution in [3.05, 3.63) is 11.7 Å². The van der Waals surface area contributed by atoms with Gasteiger partial charge in [0.05, 0.1) is 13.2 Å². The number of hydrogen-bond donors (Lipinski definition) is 1. The molecule has 3 rings (SSSR count). The molecule has 2 aliphatic rings. The van der Waals surface area contributed by atoms with E-state index < -0.39 is 0 Å². The van der Waals surface area contributed by atoms with Crippen molar-refractivity contribution in [1.82, 2.24) is 15.0 Å². The molecule has 1 saturated heterocycles. The molecule has 5 heteroatoms. The van der Waals surface area contributed by atoms with E-state index in [0.29, 0.717) is 12.5 Å². The summed E-state index contributed by atoms with van der Waals surface area (Å²) in [5.74, 6) is 2.09. The molecule has 112 valence electrons. The molecule has 1 aromatic heterocycles. The van der Waals surface area contributed by atoms with E-state index >= 15 is 0 Å². The lowest BCUT2D eigenvalue weighted by atomic mass is 9.89. The molecule has 0 aromatic carbocycles. The highest BCUT2D eigenvalue weighted by Gasteiger charge is 2.25. The number of nitrogens with zero attached hydrogens (tertiary/aromatic N) is 3. The van der Waals surface area contributed by atoms with Crippen molar-refractivity contribution < 1.29 is 9.63 Å². The van der Waals surface area contributed by atoms with Crippen LogP contribution in [0.15, 0.2) is 4.52 Å². The molecular weight excluding hydrogens is 254 g/mol. The Morgan fingerprint density at radius 3 is 2.70 bits per heavy atom. The van der Waals surface area contributed by atoms with Gasteiger partial charge in [0, 0.05) is 12.0 Å². The number of aromatic nitrogens is 2. The second kappa shape index (κ2) is 6.68. The molecule has 20 heavy (non-hydrogen) atoms. The first-order valence-electron chi connectivity index (χ1n) is 8.04. The van der Waals surface area contributed by atoms with Gasteiger partial charge in [-0.25, -0.2) is 0 Å². The van der Waals surface area contributed by atoms with E-state index in [9.17, 15) is 5.11 Å². The molecule has 1 aliphatic carbocycles. The zero-order valence-electron chi connectivity index (χ0n) is 12.1. The topological polar surface area (TPSA) is 62.4 Å². The summed E-state index contributed by atoms with van der Waals surface area (Å²) in [7, 11) is 0. The normalized spacial score (nSPS) is 25.9. The average molecular weight is 279 g/mol. The van der Waals surface area contributed by atoms with Gasteiger partial charge in [-0.3, -0.25) is 4.90 Å². The van der Waals surface area contributed by atoms with E-state index in [1.54, 1.807) is 0 Å². The zero-order chi connectivity index (χ0) is 13.8. The summed E-state index contributed by atoms with van der Waals surface area (Å²) in [5.41, 5.74) is 0.